The Kier molecular flexibility index (Phi) is 12.2. The van der Waals surface area contributed by atoms with Crippen LogP contribution in [0.2, 0.25) is 18.1 Å². The van der Waals surface area contributed by atoms with Crippen LogP contribution in [0.1, 0.15) is 38.3 Å². The molecular weight excluding hydrogens is 635 g/mol. The highest BCUT2D eigenvalue weighted by Crippen LogP contribution is 2.36. The third-order valence-electron chi connectivity index (χ3n) is 9.81. The highest BCUT2D eigenvalue weighted by molar-refractivity contribution is 7.07. The van der Waals surface area contributed by atoms with Crippen LogP contribution in [-0.4, -0.2) is 41.3 Å². The average Bonchev–Trinajstić information content (AvgIpc) is 3.12. The van der Waals surface area contributed by atoms with E-state index in [1.807, 2.05) is 42.5 Å². The van der Waals surface area contributed by atoms with Gasteiger partial charge in [-0.15, -0.1) is 0 Å². The molecule has 5 aromatic rings. The predicted octanol–water partition coefficient (Wildman–Crippen LogP) is 7.42. The smallest absolute Gasteiger partial charge is 0.289 e. The molecule has 4 nitrogen and oxygen atoms in total. The molecule has 0 saturated carbocycles. The zero-order valence-electron chi connectivity index (χ0n) is 29.6. The Morgan fingerprint density at radius 2 is 1.04 bits per heavy atom. The Bertz CT molecular complexity index is 1610. The molecule has 0 aliphatic rings. The van der Waals surface area contributed by atoms with E-state index >= 15 is 0 Å². The number of nitrogens with one attached hydrogen (secondary N) is 1. The lowest BCUT2D eigenvalue weighted by Gasteiger charge is -2.38. The first-order chi connectivity index (χ1) is 23.6. The van der Waals surface area contributed by atoms with E-state index in [1.165, 1.54) is 5.56 Å². The third-order valence-corrected chi connectivity index (χ3v) is 18.4. The van der Waals surface area contributed by atoms with Crippen molar-refractivity contribution in [1.82, 2.24) is 5.32 Å². The Morgan fingerprint density at radius 3 is 1.47 bits per heavy atom. The summed E-state index contributed by atoms with van der Waals surface area (Å²) in [5.41, 5.74) is 2.34. The van der Waals surface area contributed by atoms with Crippen LogP contribution in [-0.2, 0) is 26.5 Å². The molecule has 5 rings (SSSR count). The number of carbonyl (C=O) groups excluding carboxylic acids is 1. The molecule has 49 heavy (non-hydrogen) atoms. The largest absolute Gasteiger partial charge is 0.415 e. The van der Waals surface area contributed by atoms with Gasteiger partial charge in [-0.25, -0.2) is 0 Å². The monoisotopic (exact) mass is 685 g/mol. The van der Waals surface area contributed by atoms with Crippen molar-refractivity contribution in [3.05, 3.63) is 163 Å². The van der Waals surface area contributed by atoms with Gasteiger partial charge in [0.2, 0.25) is 5.91 Å². The van der Waals surface area contributed by atoms with Crippen molar-refractivity contribution in [3.8, 4) is 0 Å². The van der Waals surface area contributed by atoms with Crippen LogP contribution >= 0.6 is 0 Å². The van der Waals surface area contributed by atoms with Crippen LogP contribution in [0.4, 0.5) is 0 Å². The van der Waals surface area contributed by atoms with E-state index in [4.69, 9.17) is 8.85 Å². The minimum atomic E-state index is -3.17. The van der Waals surface area contributed by atoms with Crippen LogP contribution in [0.3, 0.4) is 0 Å². The normalized spacial score (nSPS) is 13.4. The van der Waals surface area contributed by atoms with Gasteiger partial charge in [-0.05, 0) is 64.1 Å². The molecule has 2 atom stereocenters. The molecule has 0 aliphatic carbocycles. The quantitative estimate of drug-likeness (QED) is 0.0922. The van der Waals surface area contributed by atoms with Crippen LogP contribution < -0.4 is 20.9 Å². The number of aryl methyl sites for hydroxylation is 1. The molecule has 5 aromatic carbocycles. The molecule has 0 spiro atoms. The summed E-state index contributed by atoms with van der Waals surface area (Å²) in [5.74, 6) is -0.102. The highest BCUT2D eigenvalue weighted by Gasteiger charge is 2.45. The number of amides is 1. The van der Waals surface area contributed by atoms with Crippen LogP contribution in [0.5, 0.6) is 0 Å². The summed E-state index contributed by atoms with van der Waals surface area (Å²) in [7, 11) is -5.24. The van der Waals surface area contributed by atoms with Crippen molar-refractivity contribution < 1.29 is 13.6 Å². The summed E-state index contributed by atoms with van der Waals surface area (Å²) in [4.78, 5) is 14.8. The van der Waals surface area contributed by atoms with E-state index in [0.29, 0.717) is 25.9 Å². The van der Waals surface area contributed by atoms with Gasteiger partial charge < -0.3 is 14.2 Å². The van der Waals surface area contributed by atoms with Gasteiger partial charge in [0.25, 0.3) is 8.32 Å². The van der Waals surface area contributed by atoms with Crippen LogP contribution in [0, 0.1) is 0 Å². The molecule has 6 heteroatoms. The van der Waals surface area contributed by atoms with Gasteiger partial charge in [0.05, 0.1) is 12.6 Å². The number of benzene rings is 5. The maximum atomic E-state index is 14.8. The fraction of sp³-hybridized carbons (Fsp3) is 0.279. The fourth-order valence-electron chi connectivity index (χ4n) is 5.99. The van der Waals surface area contributed by atoms with E-state index in [2.05, 4.69) is 148 Å². The fourth-order valence-corrected chi connectivity index (χ4v) is 11.1. The number of carbonyl (C=O) groups is 1. The molecule has 0 fully saturated rings. The van der Waals surface area contributed by atoms with Crippen molar-refractivity contribution in [3.63, 3.8) is 0 Å². The summed E-state index contributed by atoms with van der Waals surface area (Å²) in [5, 5.41) is 6.83. The molecule has 254 valence electrons. The maximum absolute atomic E-state index is 14.8. The second-order valence-corrected chi connectivity index (χ2v) is 22.5. The molecule has 1 amide bonds. The molecule has 0 bridgehead atoms. The summed E-state index contributed by atoms with van der Waals surface area (Å²) in [6, 6.07) is 52.0. The van der Waals surface area contributed by atoms with E-state index in [9.17, 15) is 4.79 Å². The second kappa shape index (κ2) is 16.6. The lowest BCUT2D eigenvalue weighted by atomic mass is 10.0. The van der Waals surface area contributed by atoms with Gasteiger partial charge in [0, 0.05) is 0 Å². The first-order valence-corrected chi connectivity index (χ1v) is 22.3. The minimum absolute atomic E-state index is 0.0574. The predicted molar refractivity (Wildman–Crippen MR) is 209 cm³/mol. The summed E-state index contributed by atoms with van der Waals surface area (Å²) >= 11 is 0. The zero-order valence-corrected chi connectivity index (χ0v) is 31.6. The van der Waals surface area contributed by atoms with E-state index in [-0.39, 0.29) is 17.0 Å². The highest BCUT2D eigenvalue weighted by atomic mass is 28.4. The Balaban J connectivity index is 1.55. The molecule has 0 aliphatic heterocycles. The van der Waals surface area contributed by atoms with Crippen molar-refractivity contribution >= 4 is 38.1 Å². The Hall–Kier alpha value is -4.08. The van der Waals surface area contributed by atoms with Gasteiger partial charge in [-0.1, -0.05) is 172 Å². The van der Waals surface area contributed by atoms with E-state index in [1.54, 1.807) is 0 Å². The van der Waals surface area contributed by atoms with Gasteiger partial charge >= 0.3 is 0 Å². The maximum Gasteiger partial charge on any atom is 0.289 e. The summed E-state index contributed by atoms with van der Waals surface area (Å²) < 4.78 is 14.3. The van der Waals surface area contributed by atoms with Gasteiger partial charge in [0.1, 0.15) is 6.10 Å². The average molecular weight is 686 g/mol. The van der Waals surface area contributed by atoms with E-state index in [0.717, 1.165) is 21.1 Å². The van der Waals surface area contributed by atoms with E-state index < -0.39 is 22.7 Å². The van der Waals surface area contributed by atoms with Crippen molar-refractivity contribution in [2.75, 3.05) is 6.61 Å². The van der Waals surface area contributed by atoms with Gasteiger partial charge in [-0.3, -0.25) is 4.79 Å². The second-order valence-electron chi connectivity index (χ2n) is 14.4. The van der Waals surface area contributed by atoms with Crippen molar-refractivity contribution in [1.29, 1.82) is 0 Å². The molecular formula is C43H51NO3Si2. The molecule has 0 saturated heterocycles. The van der Waals surface area contributed by atoms with Crippen LogP contribution in [0.25, 0.3) is 0 Å². The summed E-state index contributed by atoms with van der Waals surface area (Å²) in [6.07, 6.45) is 1.22. The molecule has 0 heterocycles. The standard InChI is InChI=1S/C43H51NO3Si2/c1-43(2,3)48(4,5)46-34-37(33-36-23-13-7-14-24-36)44-42(45)41(32-31-35-21-11-6-12-22-35)47-49(38-25-15-8-16-26-38,39-27-17-9-18-28-39)40-29-19-10-20-30-40/h6-30,37,41H,31-34H2,1-5H3,(H,44,45)/t37-,41?/m0/s1. The van der Waals surface area contributed by atoms with Crippen molar-refractivity contribution in [2.45, 2.75) is 70.3 Å². The Morgan fingerprint density at radius 1 is 0.633 bits per heavy atom. The number of hydrogen-bond acceptors (Lipinski definition) is 3. The lowest BCUT2D eigenvalue weighted by Crippen LogP contribution is -2.71. The topological polar surface area (TPSA) is 47.6 Å². The molecule has 0 aromatic heterocycles. The zero-order chi connectivity index (χ0) is 34.7. The van der Waals surface area contributed by atoms with Crippen molar-refractivity contribution in [2.24, 2.45) is 0 Å². The minimum Gasteiger partial charge on any atom is -0.415 e. The first-order valence-electron chi connectivity index (χ1n) is 17.4. The SMILES string of the molecule is CC(C)(C)[Si](C)(C)OC[C@H](Cc1ccccc1)NC(=O)C(CCc1ccccc1)O[Si](c1ccccc1)(c1ccccc1)c1ccccc1. The molecule has 1 unspecified atom stereocenters. The number of rotatable bonds is 15. The van der Waals surface area contributed by atoms with Gasteiger partial charge in [0.15, 0.2) is 8.32 Å². The molecule has 1 N–H and O–H groups in total. The van der Waals surface area contributed by atoms with Crippen LogP contribution in [0.15, 0.2) is 152 Å². The number of hydrogen-bond donors (Lipinski definition) is 1. The Labute approximate surface area is 295 Å². The summed E-state index contributed by atoms with van der Waals surface area (Å²) in [6.45, 7) is 11.7. The first kappa shape index (κ1) is 36.2. The lowest BCUT2D eigenvalue weighted by molar-refractivity contribution is -0.129. The third kappa shape index (κ3) is 9.34. The molecule has 0 radical (unpaired) electrons. The van der Waals surface area contributed by atoms with Gasteiger partial charge in [-0.2, -0.15) is 0 Å².